The third kappa shape index (κ3) is 2.69. The highest BCUT2D eigenvalue weighted by molar-refractivity contribution is 6.30. The molecule has 0 saturated heterocycles. The highest BCUT2D eigenvalue weighted by Gasteiger charge is 2.24. The number of primary amides is 1. The lowest BCUT2D eigenvalue weighted by atomic mass is 10.1. The van der Waals surface area contributed by atoms with Gasteiger partial charge in [-0.3, -0.25) is 10.2 Å². The molecule has 4 nitrogen and oxygen atoms in total. The van der Waals surface area contributed by atoms with Crippen LogP contribution in [0, 0.1) is 5.41 Å². The number of benzene rings is 1. The van der Waals surface area contributed by atoms with Gasteiger partial charge in [-0.25, -0.2) is 0 Å². The molecule has 3 N–H and O–H groups in total. The molecule has 0 fully saturated rings. The molecule has 1 aromatic heterocycles. The van der Waals surface area contributed by atoms with Gasteiger partial charge in [-0.15, -0.1) is 12.4 Å². The molecule has 21 heavy (non-hydrogen) atoms. The summed E-state index contributed by atoms with van der Waals surface area (Å²) >= 11 is 6.06. The number of aryl methyl sites for hydroxylation is 1. The van der Waals surface area contributed by atoms with Gasteiger partial charge in [-0.2, -0.15) is 0 Å². The van der Waals surface area contributed by atoms with Crippen molar-refractivity contribution in [3.05, 3.63) is 63.7 Å². The molecule has 6 heteroatoms. The van der Waals surface area contributed by atoms with Crippen LogP contribution < -0.4 is 11.2 Å². The van der Waals surface area contributed by atoms with E-state index in [0.717, 1.165) is 12.8 Å². The number of aromatic nitrogens is 1. The Kier molecular flexibility index (Phi) is 4.40. The van der Waals surface area contributed by atoms with Gasteiger partial charge in [-0.1, -0.05) is 35.9 Å². The number of nitrogens with two attached hydrogens (primary N) is 1. The zero-order chi connectivity index (χ0) is 14.3. The van der Waals surface area contributed by atoms with E-state index in [0.29, 0.717) is 5.02 Å². The quantitative estimate of drug-likeness (QED) is 0.876. The molecule has 0 spiro atoms. The molecule has 3 rings (SSSR count). The zero-order valence-corrected chi connectivity index (χ0v) is 12.7. The van der Waals surface area contributed by atoms with Crippen LogP contribution in [-0.2, 0) is 6.42 Å². The largest absolute Gasteiger partial charge is 0.365 e. The number of halogens is 2. The summed E-state index contributed by atoms with van der Waals surface area (Å²) in [5.74, 6) is -0.627. The fourth-order valence-corrected chi connectivity index (χ4v) is 3.05. The first-order chi connectivity index (χ1) is 9.58. The fraction of sp³-hybridized carbons (Fsp3) is 0.200. The number of hydrogen-bond acceptors (Lipinski definition) is 2. The SMILES string of the molecule is Cl.N=c1c(C(N)=O)cc(Cl)cn1[C@H]1CCc2ccccc21. The molecular formula is C15H15Cl2N3O. The Bertz CT molecular complexity index is 755. The van der Waals surface area contributed by atoms with Gasteiger partial charge in [-0.05, 0) is 30.0 Å². The van der Waals surface area contributed by atoms with Gasteiger partial charge in [0.05, 0.1) is 16.6 Å². The molecule has 0 aliphatic heterocycles. The van der Waals surface area contributed by atoms with Crippen LogP contribution in [0.2, 0.25) is 5.02 Å². The number of nitrogens with one attached hydrogen (secondary N) is 1. The van der Waals surface area contributed by atoms with Crippen LogP contribution >= 0.6 is 24.0 Å². The van der Waals surface area contributed by atoms with Crippen LogP contribution in [0.4, 0.5) is 0 Å². The fourth-order valence-electron chi connectivity index (χ4n) is 2.84. The summed E-state index contributed by atoms with van der Waals surface area (Å²) in [6.45, 7) is 0. The number of pyridine rings is 1. The first-order valence-corrected chi connectivity index (χ1v) is 6.79. The predicted octanol–water partition coefficient (Wildman–Crippen LogP) is 2.68. The Morgan fingerprint density at radius 2 is 2.10 bits per heavy atom. The summed E-state index contributed by atoms with van der Waals surface area (Å²) < 4.78 is 1.74. The predicted molar refractivity (Wildman–Crippen MR) is 84.0 cm³/mol. The maximum atomic E-state index is 11.4. The second kappa shape index (κ2) is 5.92. The van der Waals surface area contributed by atoms with Crippen molar-refractivity contribution >= 4 is 29.9 Å². The highest BCUT2D eigenvalue weighted by atomic mass is 35.5. The normalized spacial score (nSPS) is 16.1. The molecule has 0 bridgehead atoms. The molecule has 2 aromatic rings. The summed E-state index contributed by atoms with van der Waals surface area (Å²) in [6.07, 6.45) is 3.56. The first kappa shape index (κ1) is 15.6. The van der Waals surface area contributed by atoms with Crippen LogP contribution in [0.25, 0.3) is 0 Å². The molecule has 1 atom stereocenters. The van der Waals surface area contributed by atoms with Gasteiger partial charge in [0.1, 0.15) is 5.49 Å². The number of amides is 1. The average molecular weight is 324 g/mol. The van der Waals surface area contributed by atoms with E-state index in [1.807, 2.05) is 12.1 Å². The first-order valence-electron chi connectivity index (χ1n) is 6.42. The van der Waals surface area contributed by atoms with Crippen LogP contribution in [-0.4, -0.2) is 10.5 Å². The van der Waals surface area contributed by atoms with E-state index in [2.05, 4.69) is 12.1 Å². The molecule has 1 heterocycles. The third-order valence-corrected chi connectivity index (χ3v) is 3.97. The van der Waals surface area contributed by atoms with Gasteiger partial charge in [0, 0.05) is 6.20 Å². The molecule has 0 radical (unpaired) electrons. The second-order valence-corrected chi connectivity index (χ2v) is 5.38. The number of hydrogen-bond donors (Lipinski definition) is 2. The smallest absolute Gasteiger partial charge is 0.252 e. The van der Waals surface area contributed by atoms with Crippen LogP contribution in [0.1, 0.15) is 33.9 Å². The standard InChI is InChI=1S/C15H14ClN3O.ClH/c16-10-7-12(15(18)20)14(17)19(8-10)13-6-5-9-3-1-2-4-11(9)13;/h1-4,7-8,13,17H,5-6H2,(H2,18,20);1H/t13-;/m0./s1. The summed E-state index contributed by atoms with van der Waals surface area (Å²) in [5, 5.41) is 8.60. The van der Waals surface area contributed by atoms with Gasteiger partial charge < -0.3 is 10.3 Å². The molecule has 1 aliphatic rings. The number of fused-ring (bicyclic) bond motifs is 1. The Morgan fingerprint density at radius 3 is 2.81 bits per heavy atom. The molecule has 1 aromatic carbocycles. The lowest BCUT2D eigenvalue weighted by molar-refractivity contribution is 0.0997. The topological polar surface area (TPSA) is 71.9 Å². The van der Waals surface area contributed by atoms with Crippen LogP contribution in [0.5, 0.6) is 0 Å². The average Bonchev–Trinajstić information content (AvgIpc) is 2.84. The summed E-state index contributed by atoms with van der Waals surface area (Å²) in [7, 11) is 0. The molecule has 110 valence electrons. The van der Waals surface area contributed by atoms with E-state index in [4.69, 9.17) is 22.7 Å². The van der Waals surface area contributed by atoms with E-state index < -0.39 is 5.91 Å². The van der Waals surface area contributed by atoms with Crippen molar-refractivity contribution in [2.75, 3.05) is 0 Å². The number of rotatable bonds is 2. The lowest BCUT2D eigenvalue weighted by Crippen LogP contribution is -2.31. The van der Waals surface area contributed by atoms with Crippen molar-refractivity contribution in [2.24, 2.45) is 5.73 Å². The van der Waals surface area contributed by atoms with Gasteiger partial charge in [0.25, 0.3) is 5.91 Å². The van der Waals surface area contributed by atoms with E-state index in [1.165, 1.54) is 17.2 Å². The van der Waals surface area contributed by atoms with Crippen molar-refractivity contribution in [2.45, 2.75) is 18.9 Å². The molecule has 1 aliphatic carbocycles. The Balaban J connectivity index is 0.00000161. The molecule has 0 unspecified atom stereocenters. The number of nitrogens with zero attached hydrogens (tertiary/aromatic N) is 1. The van der Waals surface area contributed by atoms with Crippen LogP contribution in [0.15, 0.2) is 36.5 Å². The maximum Gasteiger partial charge on any atom is 0.252 e. The highest BCUT2D eigenvalue weighted by Crippen LogP contribution is 2.33. The van der Waals surface area contributed by atoms with Crippen molar-refractivity contribution < 1.29 is 4.79 Å². The van der Waals surface area contributed by atoms with Crippen molar-refractivity contribution in [3.63, 3.8) is 0 Å². The zero-order valence-electron chi connectivity index (χ0n) is 11.2. The van der Waals surface area contributed by atoms with Crippen LogP contribution in [0.3, 0.4) is 0 Å². The second-order valence-electron chi connectivity index (χ2n) is 4.95. The molecular weight excluding hydrogens is 309 g/mol. The van der Waals surface area contributed by atoms with Gasteiger partial charge in [0.15, 0.2) is 0 Å². The van der Waals surface area contributed by atoms with Crippen molar-refractivity contribution in [1.29, 1.82) is 5.41 Å². The van der Waals surface area contributed by atoms with Crippen molar-refractivity contribution in [3.8, 4) is 0 Å². The van der Waals surface area contributed by atoms with Gasteiger partial charge in [0.2, 0.25) is 0 Å². The number of carbonyl (C=O) groups excluding carboxylic acids is 1. The minimum atomic E-state index is -0.627. The monoisotopic (exact) mass is 323 g/mol. The molecule has 1 amide bonds. The minimum Gasteiger partial charge on any atom is -0.365 e. The van der Waals surface area contributed by atoms with E-state index >= 15 is 0 Å². The summed E-state index contributed by atoms with van der Waals surface area (Å²) in [6, 6.07) is 9.64. The number of carbonyl (C=O) groups is 1. The molecule has 0 saturated carbocycles. The third-order valence-electron chi connectivity index (χ3n) is 3.76. The van der Waals surface area contributed by atoms with Gasteiger partial charge >= 0.3 is 0 Å². The van der Waals surface area contributed by atoms with E-state index in [-0.39, 0.29) is 29.5 Å². The minimum absolute atomic E-state index is 0. The Morgan fingerprint density at radius 1 is 1.38 bits per heavy atom. The Labute approximate surface area is 133 Å². The summed E-state index contributed by atoms with van der Waals surface area (Å²) in [4.78, 5) is 11.4. The van der Waals surface area contributed by atoms with Crippen molar-refractivity contribution in [1.82, 2.24) is 4.57 Å². The maximum absolute atomic E-state index is 11.4. The lowest BCUT2D eigenvalue weighted by Gasteiger charge is -2.18. The van der Waals surface area contributed by atoms with E-state index in [1.54, 1.807) is 10.8 Å². The van der Waals surface area contributed by atoms with E-state index in [9.17, 15) is 4.79 Å². The Hall–Kier alpha value is -1.78. The summed E-state index contributed by atoms with van der Waals surface area (Å²) in [5.41, 5.74) is 8.05.